The normalized spacial score (nSPS) is 10.5. The van der Waals surface area contributed by atoms with Crippen molar-refractivity contribution < 1.29 is 13.9 Å². The van der Waals surface area contributed by atoms with Crippen LogP contribution in [0.1, 0.15) is 10.4 Å². The Kier molecular flexibility index (Phi) is 4.61. The van der Waals surface area contributed by atoms with E-state index >= 15 is 0 Å². The lowest BCUT2D eigenvalue weighted by Gasteiger charge is -2.09. The predicted octanol–water partition coefficient (Wildman–Crippen LogP) is 4.03. The highest BCUT2D eigenvalue weighted by atomic mass is 79.9. The number of nitrogens with one attached hydrogen (secondary N) is 1. The number of hydrogen-bond acceptors (Lipinski definition) is 3. The molecule has 7 heteroatoms. The highest BCUT2D eigenvalue weighted by molar-refractivity contribution is 9.10. The Balaban J connectivity index is 1.80. The number of methoxy groups -OCH3 is 1. The smallest absolute Gasteiger partial charge is 0.258 e. The molecule has 2 aromatic carbocycles. The molecule has 0 fully saturated rings. The number of hydrogen-bond donors (Lipinski definition) is 1. The number of nitrogens with zero attached hydrogens (tertiary/aromatic N) is 2. The van der Waals surface area contributed by atoms with Crippen LogP contribution in [0.15, 0.2) is 59.3 Å². The van der Waals surface area contributed by atoms with Gasteiger partial charge in [-0.2, -0.15) is 5.10 Å². The van der Waals surface area contributed by atoms with Gasteiger partial charge in [0.05, 0.1) is 30.2 Å². The van der Waals surface area contributed by atoms with Gasteiger partial charge in [0.25, 0.3) is 5.91 Å². The van der Waals surface area contributed by atoms with Crippen molar-refractivity contribution in [2.24, 2.45) is 0 Å². The number of aromatic nitrogens is 2. The molecule has 0 saturated carbocycles. The molecule has 0 atom stereocenters. The molecule has 0 aliphatic carbocycles. The molecular formula is C17H13BrFN3O2. The molecule has 0 radical (unpaired) electrons. The van der Waals surface area contributed by atoms with E-state index in [1.54, 1.807) is 10.9 Å². The summed E-state index contributed by atoms with van der Waals surface area (Å²) in [7, 11) is 1.41. The fourth-order valence-electron chi connectivity index (χ4n) is 2.14. The lowest BCUT2D eigenvalue weighted by molar-refractivity contribution is 0.102. The van der Waals surface area contributed by atoms with Crippen molar-refractivity contribution in [1.29, 1.82) is 0 Å². The summed E-state index contributed by atoms with van der Waals surface area (Å²) in [5.41, 5.74) is 1.60. The molecule has 0 saturated heterocycles. The number of anilines is 1. The van der Waals surface area contributed by atoms with Crippen molar-refractivity contribution in [2.45, 2.75) is 0 Å². The first kappa shape index (κ1) is 16.2. The number of ether oxygens (including phenoxy) is 1. The third-order valence-electron chi connectivity index (χ3n) is 3.35. The van der Waals surface area contributed by atoms with E-state index in [0.717, 1.165) is 10.2 Å². The lowest BCUT2D eigenvalue weighted by atomic mass is 10.2. The molecule has 24 heavy (non-hydrogen) atoms. The lowest BCUT2D eigenvalue weighted by Crippen LogP contribution is -2.12. The van der Waals surface area contributed by atoms with Gasteiger partial charge in [-0.15, -0.1) is 0 Å². The zero-order valence-electron chi connectivity index (χ0n) is 12.7. The average molecular weight is 390 g/mol. The van der Waals surface area contributed by atoms with Gasteiger partial charge in [-0.25, -0.2) is 9.07 Å². The summed E-state index contributed by atoms with van der Waals surface area (Å²) < 4.78 is 20.8. The molecule has 1 amide bonds. The minimum absolute atomic E-state index is 0.253. The van der Waals surface area contributed by atoms with Crippen LogP contribution in [0, 0.1) is 5.82 Å². The third kappa shape index (κ3) is 3.46. The number of amides is 1. The maximum Gasteiger partial charge on any atom is 0.258 e. The predicted molar refractivity (Wildman–Crippen MR) is 92.2 cm³/mol. The van der Waals surface area contributed by atoms with E-state index in [4.69, 9.17) is 4.74 Å². The molecule has 0 aliphatic rings. The summed E-state index contributed by atoms with van der Waals surface area (Å²) in [6.07, 6.45) is 3.09. The third-order valence-corrected chi connectivity index (χ3v) is 3.88. The van der Waals surface area contributed by atoms with Crippen LogP contribution in [0.25, 0.3) is 5.69 Å². The Hall–Kier alpha value is -2.67. The van der Waals surface area contributed by atoms with Crippen LogP contribution in [0.5, 0.6) is 5.75 Å². The van der Waals surface area contributed by atoms with Crippen LogP contribution in [-0.4, -0.2) is 22.8 Å². The van der Waals surface area contributed by atoms with E-state index in [1.807, 2.05) is 24.3 Å². The van der Waals surface area contributed by atoms with E-state index in [2.05, 4.69) is 26.3 Å². The van der Waals surface area contributed by atoms with Crippen molar-refractivity contribution in [3.05, 3.63) is 70.7 Å². The topological polar surface area (TPSA) is 56.1 Å². The largest absolute Gasteiger partial charge is 0.494 e. The number of halogens is 2. The van der Waals surface area contributed by atoms with Gasteiger partial charge in [0.2, 0.25) is 0 Å². The molecule has 1 heterocycles. The summed E-state index contributed by atoms with van der Waals surface area (Å²) in [6, 6.07) is 11.4. The Morgan fingerprint density at radius 1 is 1.25 bits per heavy atom. The van der Waals surface area contributed by atoms with Gasteiger partial charge >= 0.3 is 0 Å². The minimum atomic E-state index is -0.437. The molecule has 1 aromatic heterocycles. The molecule has 0 spiro atoms. The Bertz CT molecular complexity index is 878. The summed E-state index contributed by atoms with van der Waals surface area (Å²) >= 11 is 3.37. The number of benzene rings is 2. The van der Waals surface area contributed by atoms with Crippen molar-refractivity contribution >= 4 is 27.5 Å². The second-order valence-corrected chi connectivity index (χ2v) is 5.86. The van der Waals surface area contributed by atoms with E-state index in [-0.39, 0.29) is 11.7 Å². The quantitative estimate of drug-likeness (QED) is 0.732. The first-order valence-electron chi connectivity index (χ1n) is 7.02. The van der Waals surface area contributed by atoms with Crippen molar-refractivity contribution in [2.75, 3.05) is 12.4 Å². The van der Waals surface area contributed by atoms with Gasteiger partial charge in [0.15, 0.2) is 0 Å². The van der Waals surface area contributed by atoms with Gasteiger partial charge in [-0.05, 0) is 36.4 Å². The molecule has 1 N–H and O–H groups in total. The van der Waals surface area contributed by atoms with Crippen LogP contribution in [0.2, 0.25) is 0 Å². The van der Waals surface area contributed by atoms with Crippen LogP contribution in [0.3, 0.4) is 0 Å². The zero-order chi connectivity index (χ0) is 17.1. The number of rotatable bonds is 4. The second-order valence-electron chi connectivity index (χ2n) is 4.95. The summed E-state index contributed by atoms with van der Waals surface area (Å²) in [4.78, 5) is 12.3. The SMILES string of the molecule is COc1cc(F)ccc1NC(=O)c1cnn(-c2ccc(Br)cc2)c1. The first-order chi connectivity index (χ1) is 11.6. The minimum Gasteiger partial charge on any atom is -0.494 e. The van der Waals surface area contributed by atoms with Gasteiger partial charge in [0.1, 0.15) is 11.6 Å². The van der Waals surface area contributed by atoms with E-state index in [9.17, 15) is 9.18 Å². The Labute approximate surface area is 146 Å². The van der Waals surface area contributed by atoms with Gasteiger partial charge in [-0.1, -0.05) is 15.9 Å². The Morgan fingerprint density at radius 3 is 2.71 bits per heavy atom. The average Bonchev–Trinajstić information content (AvgIpc) is 3.07. The Morgan fingerprint density at radius 2 is 2.00 bits per heavy atom. The standard InChI is InChI=1S/C17H13BrFN3O2/c1-24-16-8-13(19)4-7-15(16)21-17(23)11-9-20-22(10-11)14-5-2-12(18)3-6-14/h2-10H,1H3,(H,21,23). The molecule has 0 aliphatic heterocycles. The fourth-order valence-corrected chi connectivity index (χ4v) is 2.40. The maximum absolute atomic E-state index is 13.2. The molecular weight excluding hydrogens is 377 g/mol. The molecule has 122 valence electrons. The second kappa shape index (κ2) is 6.84. The fraction of sp³-hybridized carbons (Fsp3) is 0.0588. The zero-order valence-corrected chi connectivity index (χ0v) is 14.2. The summed E-state index contributed by atoms with van der Waals surface area (Å²) in [5.74, 6) is -0.542. The molecule has 3 rings (SSSR count). The van der Waals surface area contributed by atoms with E-state index in [1.165, 1.54) is 31.5 Å². The first-order valence-corrected chi connectivity index (χ1v) is 7.81. The summed E-state index contributed by atoms with van der Waals surface area (Å²) in [5, 5.41) is 6.87. The van der Waals surface area contributed by atoms with E-state index < -0.39 is 5.82 Å². The van der Waals surface area contributed by atoms with Crippen molar-refractivity contribution in [1.82, 2.24) is 9.78 Å². The molecule has 3 aromatic rings. The van der Waals surface area contributed by atoms with Crippen molar-refractivity contribution in [3.8, 4) is 11.4 Å². The van der Waals surface area contributed by atoms with Crippen LogP contribution in [-0.2, 0) is 0 Å². The monoisotopic (exact) mass is 389 g/mol. The maximum atomic E-state index is 13.2. The molecule has 5 nitrogen and oxygen atoms in total. The highest BCUT2D eigenvalue weighted by Gasteiger charge is 2.13. The highest BCUT2D eigenvalue weighted by Crippen LogP contribution is 2.25. The van der Waals surface area contributed by atoms with E-state index in [0.29, 0.717) is 11.3 Å². The van der Waals surface area contributed by atoms with Gasteiger partial charge in [0, 0.05) is 16.7 Å². The molecule has 0 bridgehead atoms. The van der Waals surface area contributed by atoms with Crippen LogP contribution >= 0.6 is 15.9 Å². The molecule has 0 unspecified atom stereocenters. The van der Waals surface area contributed by atoms with Crippen molar-refractivity contribution in [3.63, 3.8) is 0 Å². The number of carbonyl (C=O) groups excluding carboxylic acids is 1. The van der Waals surface area contributed by atoms with Crippen LogP contribution in [0.4, 0.5) is 10.1 Å². The van der Waals surface area contributed by atoms with Gasteiger partial charge < -0.3 is 10.1 Å². The van der Waals surface area contributed by atoms with Crippen LogP contribution < -0.4 is 10.1 Å². The van der Waals surface area contributed by atoms with Gasteiger partial charge in [-0.3, -0.25) is 4.79 Å². The summed E-state index contributed by atoms with van der Waals surface area (Å²) in [6.45, 7) is 0. The number of carbonyl (C=O) groups is 1.